The molecule has 1 aliphatic rings. The molecule has 0 radical (unpaired) electrons. The van der Waals surface area contributed by atoms with E-state index in [9.17, 15) is 0 Å². The van der Waals surface area contributed by atoms with Crippen LogP contribution in [0.5, 0.6) is 0 Å². The zero-order valence-corrected chi connectivity index (χ0v) is 2.89. The van der Waals surface area contributed by atoms with Gasteiger partial charge in [-0.3, -0.25) is 0 Å². The molecule has 0 aliphatic carbocycles. The topological polar surface area (TPSA) is 12.4 Å². The van der Waals surface area contributed by atoms with E-state index in [2.05, 4.69) is 4.99 Å². The van der Waals surface area contributed by atoms with E-state index in [1.54, 1.807) is 6.09 Å². The van der Waals surface area contributed by atoms with Crippen LogP contribution in [-0.2, 0) is 0 Å². The maximum atomic E-state index is 3.78. The molecule has 2 heteroatoms. The van der Waals surface area contributed by atoms with Crippen molar-refractivity contribution in [3.05, 3.63) is 0 Å². The third-order valence-electron chi connectivity index (χ3n) is 0.538. The predicted octanol–water partition coefficient (Wildman–Crippen LogP) is -0.0470. The Labute approximate surface area is 31.6 Å². The second kappa shape index (κ2) is 1.15. The molecule has 1 nitrogen and oxygen atoms in total. The Morgan fingerprint density at radius 1 is 1.80 bits per heavy atom. The SMILES string of the molecule is B1=CN=CC1. The van der Waals surface area contributed by atoms with Gasteiger partial charge in [-0.2, -0.15) is 0 Å². The van der Waals surface area contributed by atoms with E-state index in [1.807, 2.05) is 13.1 Å². The molecule has 5 heavy (non-hydrogen) atoms. The van der Waals surface area contributed by atoms with Crippen molar-refractivity contribution in [1.29, 1.82) is 0 Å². The Hall–Kier alpha value is -0.395. The van der Waals surface area contributed by atoms with Crippen LogP contribution in [0.2, 0.25) is 6.32 Å². The summed E-state index contributed by atoms with van der Waals surface area (Å²) >= 11 is 0. The Bertz CT molecular complexity index is 65.0. The van der Waals surface area contributed by atoms with Gasteiger partial charge in [0.1, 0.15) is 0 Å². The van der Waals surface area contributed by atoms with Crippen molar-refractivity contribution >= 4 is 19.2 Å². The van der Waals surface area contributed by atoms with Gasteiger partial charge in [0.25, 0.3) is 0 Å². The molecule has 24 valence electrons. The van der Waals surface area contributed by atoms with Gasteiger partial charge >= 0.3 is 30.5 Å². The molecule has 0 N–H and O–H groups in total. The van der Waals surface area contributed by atoms with Crippen molar-refractivity contribution in [3.63, 3.8) is 0 Å². The predicted molar refractivity (Wildman–Crippen MR) is 25.1 cm³/mol. The van der Waals surface area contributed by atoms with Gasteiger partial charge in [0.05, 0.1) is 0 Å². The van der Waals surface area contributed by atoms with Gasteiger partial charge in [-0.25, -0.2) is 0 Å². The molecule has 0 amide bonds. The number of rotatable bonds is 0. The molecule has 0 aromatic carbocycles. The molecule has 0 aromatic rings. The van der Waals surface area contributed by atoms with Crippen molar-refractivity contribution in [1.82, 2.24) is 0 Å². The molecule has 0 saturated carbocycles. The maximum absolute atomic E-state index is 3.78. The fraction of sp³-hybridized carbons (Fsp3) is 0.333. The number of hydrogen-bond donors (Lipinski definition) is 0. The molecule has 0 unspecified atom stereocenters. The third-order valence-corrected chi connectivity index (χ3v) is 0.538. The van der Waals surface area contributed by atoms with E-state index < -0.39 is 0 Å². The number of nitrogens with zero attached hydrogens (tertiary/aromatic N) is 1. The number of hydrogen-bond acceptors (Lipinski definition) is 1. The van der Waals surface area contributed by atoms with Gasteiger partial charge < -0.3 is 0 Å². The van der Waals surface area contributed by atoms with Crippen LogP contribution in [0.1, 0.15) is 0 Å². The second-order valence-corrected chi connectivity index (χ2v) is 0.952. The van der Waals surface area contributed by atoms with Crippen LogP contribution in [0, 0.1) is 0 Å². The number of aliphatic imine (C=N–C) groups is 1. The molecule has 1 rings (SSSR count). The zero-order valence-electron chi connectivity index (χ0n) is 2.89. The van der Waals surface area contributed by atoms with Crippen LogP contribution in [0.3, 0.4) is 0 Å². The average Bonchev–Trinajstić information content (AvgIpc) is 1.76. The fourth-order valence-corrected chi connectivity index (χ4v) is 0.304. The van der Waals surface area contributed by atoms with Crippen molar-refractivity contribution in [2.75, 3.05) is 0 Å². The van der Waals surface area contributed by atoms with Gasteiger partial charge in [0, 0.05) is 0 Å². The average molecular weight is 64.9 g/mol. The zero-order chi connectivity index (χ0) is 3.54. The van der Waals surface area contributed by atoms with Crippen molar-refractivity contribution < 1.29 is 0 Å². The molecule has 0 aromatic heterocycles. The van der Waals surface area contributed by atoms with Crippen LogP contribution in [0.15, 0.2) is 4.99 Å². The Morgan fingerprint density at radius 2 is 2.80 bits per heavy atom. The van der Waals surface area contributed by atoms with Crippen LogP contribution in [0.4, 0.5) is 0 Å². The minimum atomic E-state index is 1.03. The van der Waals surface area contributed by atoms with E-state index >= 15 is 0 Å². The van der Waals surface area contributed by atoms with Crippen LogP contribution >= 0.6 is 0 Å². The summed E-state index contributed by atoms with van der Waals surface area (Å²) in [5.74, 6) is 0. The first-order valence-corrected chi connectivity index (χ1v) is 1.67. The van der Waals surface area contributed by atoms with E-state index in [1.165, 1.54) is 0 Å². The molecule has 1 heterocycles. The standard InChI is InChI=1S/C3H4BN/c1-2-5-3-4-1/h2-3H,1H2. The first-order chi connectivity index (χ1) is 2.50. The van der Waals surface area contributed by atoms with Crippen LogP contribution < -0.4 is 0 Å². The van der Waals surface area contributed by atoms with Crippen LogP contribution in [-0.4, -0.2) is 19.2 Å². The Morgan fingerprint density at radius 3 is 3.00 bits per heavy atom. The van der Waals surface area contributed by atoms with Gasteiger partial charge in [0.2, 0.25) is 0 Å². The van der Waals surface area contributed by atoms with E-state index in [-0.39, 0.29) is 0 Å². The monoisotopic (exact) mass is 65.0 g/mol. The van der Waals surface area contributed by atoms with Gasteiger partial charge in [0.15, 0.2) is 0 Å². The molecule has 0 fully saturated rings. The molecular formula is C3H4BN. The first-order valence-electron chi connectivity index (χ1n) is 1.67. The molecule has 0 spiro atoms. The third kappa shape index (κ3) is 0.438. The molecule has 0 bridgehead atoms. The van der Waals surface area contributed by atoms with Gasteiger partial charge in [-0.05, 0) is 0 Å². The molecule has 1 aliphatic heterocycles. The first kappa shape index (κ1) is 2.82. The van der Waals surface area contributed by atoms with Gasteiger partial charge in [-0.1, -0.05) is 0 Å². The Balaban J connectivity index is 2.61. The summed E-state index contributed by atoms with van der Waals surface area (Å²) in [6, 6.07) is 0. The summed E-state index contributed by atoms with van der Waals surface area (Å²) < 4.78 is 0. The van der Waals surface area contributed by atoms with Gasteiger partial charge in [-0.15, -0.1) is 0 Å². The molecule has 0 atom stereocenters. The Kier molecular flexibility index (Phi) is 0.651. The van der Waals surface area contributed by atoms with Crippen LogP contribution in [0.25, 0.3) is 0 Å². The fourth-order valence-electron chi connectivity index (χ4n) is 0.304. The second-order valence-electron chi connectivity index (χ2n) is 0.952. The summed E-state index contributed by atoms with van der Waals surface area (Å²) in [6.45, 7) is 2.01. The van der Waals surface area contributed by atoms with Crippen molar-refractivity contribution in [2.45, 2.75) is 6.32 Å². The van der Waals surface area contributed by atoms with Crippen molar-refractivity contribution in [3.8, 4) is 0 Å². The van der Waals surface area contributed by atoms with Crippen molar-refractivity contribution in [2.24, 2.45) is 4.99 Å². The van der Waals surface area contributed by atoms with E-state index in [0.29, 0.717) is 0 Å². The normalized spacial score (nSPS) is 16.0. The summed E-state index contributed by atoms with van der Waals surface area (Å²) in [5, 5.41) is 0. The summed E-state index contributed by atoms with van der Waals surface area (Å²) in [5.41, 5.74) is 0. The minimum absolute atomic E-state index is 1.03. The van der Waals surface area contributed by atoms with E-state index in [0.717, 1.165) is 6.32 Å². The summed E-state index contributed by atoms with van der Waals surface area (Å²) in [4.78, 5) is 3.78. The van der Waals surface area contributed by atoms with E-state index in [4.69, 9.17) is 0 Å². The summed E-state index contributed by atoms with van der Waals surface area (Å²) in [7, 11) is 0. The molecular weight excluding hydrogens is 60.9 g/mol. The quantitative estimate of drug-likeness (QED) is 0.351. The molecule has 0 saturated heterocycles. The summed E-state index contributed by atoms with van der Waals surface area (Å²) in [6.07, 6.45) is 4.71.